The Morgan fingerprint density at radius 1 is 1.19 bits per heavy atom. The first-order valence-electron chi connectivity index (χ1n) is 8.14. The van der Waals surface area contributed by atoms with Gasteiger partial charge in [0.05, 0.1) is 0 Å². The lowest BCUT2D eigenvalue weighted by Crippen LogP contribution is -2.30. The Morgan fingerprint density at radius 3 is 2.50 bits per heavy atom. The van der Waals surface area contributed by atoms with E-state index in [0.717, 1.165) is 16.7 Å². The van der Waals surface area contributed by atoms with Gasteiger partial charge in [-0.1, -0.05) is 42.0 Å². The first-order valence-corrected chi connectivity index (χ1v) is 8.55. The molecule has 3 aromatic rings. The maximum atomic E-state index is 13.0. The number of benzene rings is 2. The molecule has 5 nitrogen and oxygen atoms in total. The predicted molar refractivity (Wildman–Crippen MR) is 100 cm³/mol. The monoisotopic (exact) mass is 370 g/mol. The van der Waals surface area contributed by atoms with Crippen LogP contribution in [0.15, 0.2) is 48.5 Å². The molecule has 1 N–H and O–H groups in total. The summed E-state index contributed by atoms with van der Waals surface area (Å²) in [5.74, 6) is 0.217. The standard InChI is InChI=1S/C19H19FN4OS/c1-13-3-7-15(8-4-13)18-21-22-19(26)24(18)12-17(25)23(2)11-14-5-9-16(20)10-6-14/h3-10H,11-12H2,1-2H3,(H,22,26). The number of aryl methyl sites for hydroxylation is 1. The van der Waals surface area contributed by atoms with Crippen molar-refractivity contribution < 1.29 is 9.18 Å². The smallest absolute Gasteiger partial charge is 0.242 e. The minimum absolute atomic E-state index is 0.0796. The molecule has 1 aromatic heterocycles. The van der Waals surface area contributed by atoms with E-state index in [4.69, 9.17) is 12.2 Å². The Labute approximate surface area is 156 Å². The molecule has 0 spiro atoms. The fourth-order valence-corrected chi connectivity index (χ4v) is 2.79. The lowest BCUT2D eigenvalue weighted by Gasteiger charge is -2.18. The summed E-state index contributed by atoms with van der Waals surface area (Å²) in [7, 11) is 1.71. The average molecular weight is 370 g/mol. The van der Waals surface area contributed by atoms with E-state index in [-0.39, 0.29) is 18.3 Å². The van der Waals surface area contributed by atoms with Gasteiger partial charge < -0.3 is 4.90 Å². The van der Waals surface area contributed by atoms with Crippen LogP contribution in [-0.2, 0) is 17.9 Å². The Bertz CT molecular complexity index is 960. The molecule has 7 heteroatoms. The molecular formula is C19H19FN4OS. The molecule has 0 bridgehead atoms. The molecule has 0 saturated heterocycles. The van der Waals surface area contributed by atoms with Crippen LogP contribution in [0, 0.1) is 17.5 Å². The highest BCUT2D eigenvalue weighted by molar-refractivity contribution is 7.71. The van der Waals surface area contributed by atoms with Crippen molar-refractivity contribution in [2.24, 2.45) is 0 Å². The number of hydrogen-bond acceptors (Lipinski definition) is 3. The molecule has 0 saturated carbocycles. The van der Waals surface area contributed by atoms with Gasteiger partial charge in [-0.05, 0) is 36.8 Å². The van der Waals surface area contributed by atoms with Crippen molar-refractivity contribution in [2.45, 2.75) is 20.0 Å². The van der Waals surface area contributed by atoms with Gasteiger partial charge in [-0.15, -0.1) is 0 Å². The van der Waals surface area contributed by atoms with Gasteiger partial charge in [0.2, 0.25) is 5.91 Å². The zero-order chi connectivity index (χ0) is 18.7. The highest BCUT2D eigenvalue weighted by Crippen LogP contribution is 2.18. The maximum absolute atomic E-state index is 13.0. The molecule has 1 amide bonds. The maximum Gasteiger partial charge on any atom is 0.242 e. The number of aromatic nitrogens is 3. The lowest BCUT2D eigenvalue weighted by atomic mass is 10.1. The van der Waals surface area contributed by atoms with Crippen LogP contribution in [0.5, 0.6) is 0 Å². The quantitative estimate of drug-likeness (QED) is 0.697. The van der Waals surface area contributed by atoms with Crippen molar-refractivity contribution in [2.75, 3.05) is 7.05 Å². The van der Waals surface area contributed by atoms with Gasteiger partial charge in [-0.3, -0.25) is 14.5 Å². The van der Waals surface area contributed by atoms with Crippen LogP contribution in [0.2, 0.25) is 0 Å². The van der Waals surface area contributed by atoms with Gasteiger partial charge in [-0.25, -0.2) is 4.39 Å². The molecule has 0 radical (unpaired) electrons. The molecular weight excluding hydrogens is 351 g/mol. The number of carbonyl (C=O) groups is 1. The second kappa shape index (κ2) is 7.61. The van der Waals surface area contributed by atoms with Crippen LogP contribution in [0.25, 0.3) is 11.4 Å². The highest BCUT2D eigenvalue weighted by Gasteiger charge is 2.15. The van der Waals surface area contributed by atoms with E-state index in [1.807, 2.05) is 31.2 Å². The molecule has 0 atom stereocenters. The zero-order valence-corrected chi connectivity index (χ0v) is 15.4. The van der Waals surface area contributed by atoms with Crippen molar-refractivity contribution >= 4 is 18.1 Å². The molecule has 134 valence electrons. The minimum Gasteiger partial charge on any atom is -0.340 e. The van der Waals surface area contributed by atoms with E-state index >= 15 is 0 Å². The SMILES string of the molecule is Cc1ccc(-c2n[nH]c(=S)n2CC(=O)N(C)Cc2ccc(F)cc2)cc1. The second-order valence-electron chi connectivity index (χ2n) is 6.18. The Balaban J connectivity index is 1.77. The predicted octanol–water partition coefficient (Wildman–Crippen LogP) is 3.71. The Hall–Kier alpha value is -2.80. The number of hydrogen-bond donors (Lipinski definition) is 1. The normalized spacial score (nSPS) is 10.7. The summed E-state index contributed by atoms with van der Waals surface area (Å²) < 4.78 is 15.1. The van der Waals surface area contributed by atoms with Crippen LogP contribution in [-0.4, -0.2) is 32.6 Å². The summed E-state index contributed by atoms with van der Waals surface area (Å²) in [6.45, 7) is 2.48. The second-order valence-corrected chi connectivity index (χ2v) is 6.57. The summed E-state index contributed by atoms with van der Waals surface area (Å²) >= 11 is 5.28. The summed E-state index contributed by atoms with van der Waals surface area (Å²) in [5, 5.41) is 7.01. The van der Waals surface area contributed by atoms with Crippen LogP contribution < -0.4 is 0 Å². The van der Waals surface area contributed by atoms with Gasteiger partial charge >= 0.3 is 0 Å². The number of nitrogens with zero attached hydrogens (tertiary/aromatic N) is 3. The molecule has 0 aliphatic rings. The summed E-state index contributed by atoms with van der Waals surface area (Å²) in [4.78, 5) is 14.2. The van der Waals surface area contributed by atoms with Crippen molar-refractivity contribution in [1.29, 1.82) is 0 Å². The molecule has 0 unspecified atom stereocenters. The number of nitrogens with one attached hydrogen (secondary N) is 1. The molecule has 0 aliphatic heterocycles. The summed E-state index contributed by atoms with van der Waals surface area (Å²) in [6.07, 6.45) is 0. The fraction of sp³-hybridized carbons (Fsp3) is 0.211. The zero-order valence-electron chi connectivity index (χ0n) is 14.6. The lowest BCUT2D eigenvalue weighted by molar-refractivity contribution is -0.131. The third-order valence-electron chi connectivity index (χ3n) is 4.12. The van der Waals surface area contributed by atoms with Crippen molar-refractivity contribution in [3.63, 3.8) is 0 Å². The van der Waals surface area contributed by atoms with Gasteiger partial charge in [0.1, 0.15) is 12.4 Å². The molecule has 2 aromatic carbocycles. The molecule has 3 rings (SSSR count). The Kier molecular flexibility index (Phi) is 5.27. The number of halogens is 1. The molecule has 1 heterocycles. The molecule has 26 heavy (non-hydrogen) atoms. The fourth-order valence-electron chi connectivity index (χ4n) is 2.60. The van der Waals surface area contributed by atoms with Crippen LogP contribution in [0.4, 0.5) is 4.39 Å². The third-order valence-corrected chi connectivity index (χ3v) is 4.43. The number of likely N-dealkylation sites (N-methyl/N-ethyl adjacent to an activating group) is 1. The Morgan fingerprint density at radius 2 is 1.85 bits per heavy atom. The van der Waals surface area contributed by atoms with E-state index in [2.05, 4.69) is 10.2 Å². The molecule has 0 aliphatic carbocycles. The first-order chi connectivity index (χ1) is 12.4. The van der Waals surface area contributed by atoms with Gasteiger partial charge in [0.25, 0.3) is 0 Å². The number of rotatable bonds is 5. The average Bonchev–Trinajstić information content (AvgIpc) is 2.98. The van der Waals surface area contributed by atoms with E-state index in [9.17, 15) is 9.18 Å². The van der Waals surface area contributed by atoms with Gasteiger partial charge in [0, 0.05) is 19.2 Å². The van der Waals surface area contributed by atoms with Crippen LogP contribution >= 0.6 is 12.2 Å². The topological polar surface area (TPSA) is 53.9 Å². The van der Waals surface area contributed by atoms with Crippen molar-refractivity contribution in [3.8, 4) is 11.4 Å². The summed E-state index contributed by atoms with van der Waals surface area (Å²) in [6, 6.07) is 14.0. The third kappa shape index (κ3) is 4.05. The largest absolute Gasteiger partial charge is 0.340 e. The first kappa shape index (κ1) is 18.0. The summed E-state index contributed by atoms with van der Waals surface area (Å²) in [5.41, 5.74) is 2.89. The minimum atomic E-state index is -0.296. The molecule has 0 fully saturated rings. The van der Waals surface area contributed by atoms with E-state index in [1.54, 1.807) is 28.6 Å². The highest BCUT2D eigenvalue weighted by atomic mass is 32.1. The van der Waals surface area contributed by atoms with Crippen molar-refractivity contribution in [1.82, 2.24) is 19.7 Å². The van der Waals surface area contributed by atoms with E-state index < -0.39 is 0 Å². The van der Waals surface area contributed by atoms with Gasteiger partial charge in [-0.2, -0.15) is 5.10 Å². The number of carbonyl (C=O) groups excluding carboxylic acids is 1. The van der Waals surface area contributed by atoms with Crippen LogP contribution in [0.3, 0.4) is 0 Å². The van der Waals surface area contributed by atoms with E-state index in [0.29, 0.717) is 17.1 Å². The van der Waals surface area contributed by atoms with Crippen molar-refractivity contribution in [3.05, 3.63) is 70.2 Å². The number of amides is 1. The van der Waals surface area contributed by atoms with Crippen LogP contribution in [0.1, 0.15) is 11.1 Å². The number of aromatic amines is 1. The van der Waals surface area contributed by atoms with Gasteiger partial charge in [0.15, 0.2) is 10.6 Å². The number of H-pyrrole nitrogens is 1. The van der Waals surface area contributed by atoms with E-state index in [1.165, 1.54) is 12.1 Å².